The van der Waals surface area contributed by atoms with E-state index in [1.54, 1.807) is 12.1 Å². The molecule has 0 amide bonds. The summed E-state index contributed by atoms with van der Waals surface area (Å²) >= 11 is 0. The standard InChI is InChI=1S/C25H30F3NO2/c1-16(2)7-12-23(18-8-10-20(11-9-18)25(26,27)28)29-17(3)22(15-31)21-6-4-5-19(13-14-30)24(21)29/h8-11,14-16,19,23H,4-7,12-13H2,1-3H3/t19?,23-/m1/s1. The Morgan fingerprint density at radius 3 is 2.35 bits per heavy atom. The average molecular weight is 434 g/mol. The number of aromatic nitrogens is 1. The van der Waals surface area contributed by atoms with Crippen molar-refractivity contribution in [1.29, 1.82) is 0 Å². The molecule has 0 saturated carbocycles. The van der Waals surface area contributed by atoms with Crippen molar-refractivity contribution in [3.63, 3.8) is 0 Å². The Morgan fingerprint density at radius 1 is 1.13 bits per heavy atom. The Balaban J connectivity index is 2.16. The largest absolute Gasteiger partial charge is 0.416 e. The van der Waals surface area contributed by atoms with Crippen LogP contribution in [-0.2, 0) is 17.4 Å². The van der Waals surface area contributed by atoms with Crippen molar-refractivity contribution < 1.29 is 22.8 Å². The number of rotatable bonds is 8. The minimum Gasteiger partial charge on any atom is -0.340 e. The van der Waals surface area contributed by atoms with Gasteiger partial charge in [0.1, 0.15) is 6.29 Å². The zero-order chi connectivity index (χ0) is 22.8. The van der Waals surface area contributed by atoms with Crippen LogP contribution in [0.5, 0.6) is 0 Å². The maximum absolute atomic E-state index is 13.1. The van der Waals surface area contributed by atoms with Crippen LogP contribution in [0.2, 0.25) is 0 Å². The third-order valence-electron chi connectivity index (χ3n) is 6.46. The zero-order valence-electron chi connectivity index (χ0n) is 18.3. The summed E-state index contributed by atoms with van der Waals surface area (Å²) in [6.07, 6.45) is 2.05. The minimum absolute atomic E-state index is 0.0321. The van der Waals surface area contributed by atoms with Gasteiger partial charge < -0.3 is 9.36 Å². The molecule has 1 aromatic carbocycles. The Labute approximate surface area is 181 Å². The van der Waals surface area contributed by atoms with Gasteiger partial charge in [-0.2, -0.15) is 13.2 Å². The number of hydrogen-bond acceptors (Lipinski definition) is 2. The third kappa shape index (κ3) is 4.78. The fourth-order valence-electron chi connectivity index (χ4n) is 4.91. The summed E-state index contributed by atoms with van der Waals surface area (Å²) in [5.41, 5.74) is 3.66. The number of nitrogens with zero attached hydrogens (tertiary/aromatic N) is 1. The van der Waals surface area contributed by atoms with Gasteiger partial charge in [-0.05, 0) is 68.2 Å². The van der Waals surface area contributed by atoms with Crippen LogP contribution in [0.1, 0.15) is 96.3 Å². The number of fused-ring (bicyclic) bond motifs is 1. The number of benzene rings is 1. The summed E-state index contributed by atoms with van der Waals surface area (Å²) in [6.45, 7) is 6.15. The van der Waals surface area contributed by atoms with E-state index >= 15 is 0 Å². The molecule has 3 nitrogen and oxygen atoms in total. The van der Waals surface area contributed by atoms with E-state index < -0.39 is 11.7 Å². The van der Waals surface area contributed by atoms with Crippen molar-refractivity contribution in [2.45, 2.75) is 77.4 Å². The van der Waals surface area contributed by atoms with Crippen LogP contribution in [0.15, 0.2) is 24.3 Å². The molecule has 3 rings (SSSR count). The zero-order valence-corrected chi connectivity index (χ0v) is 18.3. The van der Waals surface area contributed by atoms with E-state index in [4.69, 9.17) is 0 Å². The molecular formula is C25H30F3NO2. The number of halogens is 3. The van der Waals surface area contributed by atoms with Gasteiger partial charge in [-0.15, -0.1) is 0 Å². The SMILES string of the molecule is Cc1c(C=O)c2c(n1[C@H](CCC(C)C)c1ccc(C(F)(F)F)cc1)C(CC=O)CCC2. The van der Waals surface area contributed by atoms with Crippen LogP contribution in [-0.4, -0.2) is 17.1 Å². The number of aldehydes is 2. The van der Waals surface area contributed by atoms with E-state index in [0.717, 1.165) is 79.3 Å². The molecule has 1 unspecified atom stereocenters. The highest BCUT2D eigenvalue weighted by Crippen LogP contribution is 2.42. The Kier molecular flexibility index (Phi) is 7.07. The van der Waals surface area contributed by atoms with Gasteiger partial charge in [0.05, 0.1) is 11.6 Å². The number of alkyl halides is 3. The summed E-state index contributed by atoms with van der Waals surface area (Å²) in [6, 6.07) is 5.19. The fraction of sp³-hybridized carbons (Fsp3) is 0.520. The molecule has 2 atom stereocenters. The second-order valence-corrected chi connectivity index (χ2v) is 8.95. The summed E-state index contributed by atoms with van der Waals surface area (Å²) in [5.74, 6) is 0.463. The molecule has 0 aliphatic heterocycles. The van der Waals surface area contributed by atoms with Gasteiger partial charge in [-0.25, -0.2) is 0 Å². The van der Waals surface area contributed by atoms with Crippen LogP contribution in [0.4, 0.5) is 13.2 Å². The molecule has 0 fully saturated rings. The van der Waals surface area contributed by atoms with Crippen LogP contribution in [0.3, 0.4) is 0 Å². The van der Waals surface area contributed by atoms with Gasteiger partial charge in [0.2, 0.25) is 0 Å². The molecule has 1 aromatic heterocycles. The molecule has 0 bridgehead atoms. The molecule has 6 heteroatoms. The molecule has 1 heterocycles. The van der Waals surface area contributed by atoms with Crippen molar-refractivity contribution in [2.24, 2.45) is 5.92 Å². The van der Waals surface area contributed by atoms with Crippen LogP contribution in [0, 0.1) is 12.8 Å². The highest BCUT2D eigenvalue weighted by atomic mass is 19.4. The van der Waals surface area contributed by atoms with Crippen LogP contribution in [0.25, 0.3) is 0 Å². The number of hydrogen-bond donors (Lipinski definition) is 0. The first-order chi connectivity index (χ1) is 14.7. The molecule has 31 heavy (non-hydrogen) atoms. The maximum Gasteiger partial charge on any atom is 0.416 e. The molecule has 0 N–H and O–H groups in total. The normalized spacial score (nSPS) is 17.5. The fourth-order valence-corrected chi connectivity index (χ4v) is 4.91. The predicted molar refractivity (Wildman–Crippen MR) is 115 cm³/mol. The molecule has 0 spiro atoms. The first kappa shape index (κ1) is 23.3. The van der Waals surface area contributed by atoms with Crippen LogP contribution < -0.4 is 0 Å². The predicted octanol–water partition coefficient (Wildman–Crippen LogP) is 6.66. The van der Waals surface area contributed by atoms with Crippen molar-refractivity contribution in [2.75, 3.05) is 0 Å². The molecule has 1 aliphatic rings. The van der Waals surface area contributed by atoms with Gasteiger partial charge in [0.25, 0.3) is 0 Å². The highest BCUT2D eigenvalue weighted by Gasteiger charge is 2.33. The quantitative estimate of drug-likeness (QED) is 0.437. The van der Waals surface area contributed by atoms with Crippen molar-refractivity contribution in [3.8, 4) is 0 Å². The van der Waals surface area contributed by atoms with E-state index in [0.29, 0.717) is 17.9 Å². The lowest BCUT2D eigenvalue weighted by Crippen LogP contribution is -2.21. The van der Waals surface area contributed by atoms with E-state index in [2.05, 4.69) is 18.4 Å². The minimum atomic E-state index is -4.38. The Bertz CT molecular complexity index is 926. The molecule has 1 aliphatic carbocycles. The Hall–Kier alpha value is -2.37. The molecular weight excluding hydrogens is 403 g/mol. The summed E-state index contributed by atoms with van der Waals surface area (Å²) < 4.78 is 41.4. The molecule has 168 valence electrons. The average Bonchev–Trinajstić information content (AvgIpc) is 3.00. The summed E-state index contributed by atoms with van der Waals surface area (Å²) in [7, 11) is 0. The lowest BCUT2D eigenvalue weighted by atomic mass is 9.84. The smallest absolute Gasteiger partial charge is 0.340 e. The maximum atomic E-state index is 13.1. The highest BCUT2D eigenvalue weighted by molar-refractivity contribution is 5.81. The van der Waals surface area contributed by atoms with E-state index in [9.17, 15) is 22.8 Å². The molecule has 0 radical (unpaired) electrons. The van der Waals surface area contributed by atoms with Gasteiger partial charge in [-0.1, -0.05) is 26.0 Å². The number of carbonyl (C=O) groups excluding carboxylic acids is 2. The van der Waals surface area contributed by atoms with Crippen molar-refractivity contribution >= 4 is 12.6 Å². The van der Waals surface area contributed by atoms with Crippen LogP contribution >= 0.6 is 0 Å². The van der Waals surface area contributed by atoms with Gasteiger partial charge in [-0.3, -0.25) is 4.79 Å². The van der Waals surface area contributed by atoms with E-state index in [-0.39, 0.29) is 12.0 Å². The third-order valence-corrected chi connectivity index (χ3v) is 6.46. The van der Waals surface area contributed by atoms with Crippen molar-refractivity contribution in [1.82, 2.24) is 4.57 Å². The number of carbonyl (C=O) groups is 2. The van der Waals surface area contributed by atoms with E-state index in [1.807, 2.05) is 6.92 Å². The monoisotopic (exact) mass is 433 g/mol. The lowest BCUT2D eigenvalue weighted by molar-refractivity contribution is -0.137. The van der Waals surface area contributed by atoms with Gasteiger partial charge >= 0.3 is 6.18 Å². The first-order valence-corrected chi connectivity index (χ1v) is 11.0. The van der Waals surface area contributed by atoms with Crippen molar-refractivity contribution in [3.05, 3.63) is 57.9 Å². The first-order valence-electron chi connectivity index (χ1n) is 11.0. The molecule has 0 saturated heterocycles. The summed E-state index contributed by atoms with van der Waals surface area (Å²) in [4.78, 5) is 23.3. The Morgan fingerprint density at radius 2 is 1.81 bits per heavy atom. The second kappa shape index (κ2) is 9.41. The second-order valence-electron chi connectivity index (χ2n) is 8.95. The lowest BCUT2D eigenvalue weighted by Gasteiger charge is -2.30. The molecule has 2 aromatic rings. The van der Waals surface area contributed by atoms with Gasteiger partial charge in [0, 0.05) is 29.3 Å². The van der Waals surface area contributed by atoms with Gasteiger partial charge in [0.15, 0.2) is 6.29 Å². The van der Waals surface area contributed by atoms with E-state index in [1.165, 1.54) is 0 Å². The topological polar surface area (TPSA) is 39.1 Å². The summed E-state index contributed by atoms with van der Waals surface area (Å²) in [5, 5.41) is 0.